The highest BCUT2D eigenvalue weighted by Crippen LogP contribution is 2.32. The van der Waals surface area contributed by atoms with Gasteiger partial charge in [0.2, 0.25) is 0 Å². The van der Waals surface area contributed by atoms with E-state index in [-0.39, 0.29) is 0 Å². The van der Waals surface area contributed by atoms with Crippen LogP contribution in [0.25, 0.3) is 0 Å². The van der Waals surface area contributed by atoms with Gasteiger partial charge in [-0.25, -0.2) is 4.79 Å². The number of fused-ring (bicyclic) bond motifs is 1. The molecular weight excluding hydrogens is 282 g/mol. The van der Waals surface area contributed by atoms with Gasteiger partial charge < -0.3 is 5.11 Å². The van der Waals surface area contributed by atoms with Gasteiger partial charge in [0.15, 0.2) is 0 Å². The van der Waals surface area contributed by atoms with E-state index < -0.39 is 5.97 Å². The number of carboxylic acids is 1. The number of carbonyl (C=O) groups is 1. The van der Waals surface area contributed by atoms with Gasteiger partial charge in [0.05, 0.1) is 5.56 Å². The molecule has 1 N–H and O–H groups in total. The van der Waals surface area contributed by atoms with Crippen LogP contribution in [-0.4, -0.2) is 22.5 Å². The molecule has 0 radical (unpaired) electrons. The van der Waals surface area contributed by atoms with E-state index in [9.17, 15) is 9.90 Å². The molecule has 0 saturated heterocycles. The number of nitrogens with zero attached hydrogens (tertiary/aromatic N) is 1. The normalized spacial score (nSPS) is 16.5. The zero-order valence-electron chi connectivity index (χ0n) is 12.3. The van der Waals surface area contributed by atoms with Crippen molar-refractivity contribution in [2.24, 2.45) is 0 Å². The second kappa shape index (κ2) is 5.62. The minimum Gasteiger partial charge on any atom is -0.478 e. The van der Waals surface area contributed by atoms with E-state index in [2.05, 4.69) is 36.9 Å². The van der Waals surface area contributed by atoms with Gasteiger partial charge in [-0.1, -0.05) is 12.1 Å². The molecule has 21 heavy (non-hydrogen) atoms. The molecule has 2 aromatic rings. The summed E-state index contributed by atoms with van der Waals surface area (Å²) >= 11 is 1.84. The Hall–Kier alpha value is -1.65. The molecule has 0 amide bonds. The van der Waals surface area contributed by atoms with Crippen molar-refractivity contribution >= 4 is 17.3 Å². The van der Waals surface area contributed by atoms with Gasteiger partial charge in [0, 0.05) is 28.9 Å². The van der Waals surface area contributed by atoms with Gasteiger partial charge in [0.25, 0.3) is 0 Å². The van der Waals surface area contributed by atoms with Crippen molar-refractivity contribution in [1.82, 2.24) is 4.90 Å². The number of thiophene rings is 1. The lowest BCUT2D eigenvalue weighted by atomic mass is 9.93. The third kappa shape index (κ3) is 2.74. The van der Waals surface area contributed by atoms with Crippen molar-refractivity contribution in [3.63, 3.8) is 0 Å². The Labute approximate surface area is 128 Å². The molecule has 1 atom stereocenters. The van der Waals surface area contributed by atoms with Crippen LogP contribution in [0.15, 0.2) is 30.3 Å². The third-order valence-corrected chi connectivity index (χ3v) is 5.42. The number of benzene rings is 1. The van der Waals surface area contributed by atoms with E-state index in [1.807, 2.05) is 17.4 Å². The summed E-state index contributed by atoms with van der Waals surface area (Å²) in [5.74, 6) is -0.817. The van der Waals surface area contributed by atoms with Crippen LogP contribution in [0.3, 0.4) is 0 Å². The number of carboxylic acid groups (broad SMARTS) is 1. The molecule has 4 heteroatoms. The highest BCUT2D eigenvalue weighted by molar-refractivity contribution is 7.12. The van der Waals surface area contributed by atoms with Crippen molar-refractivity contribution in [1.29, 1.82) is 0 Å². The van der Waals surface area contributed by atoms with E-state index in [1.54, 1.807) is 6.07 Å². The fraction of sp³-hybridized carbons (Fsp3) is 0.353. The van der Waals surface area contributed by atoms with E-state index in [0.29, 0.717) is 11.6 Å². The predicted molar refractivity (Wildman–Crippen MR) is 85.0 cm³/mol. The Balaban J connectivity index is 1.85. The summed E-state index contributed by atoms with van der Waals surface area (Å²) in [5, 5.41) is 9.28. The molecular formula is C17H19NO2S. The summed E-state index contributed by atoms with van der Waals surface area (Å²) in [7, 11) is 0. The standard InChI is InChI=1S/C17H19NO2S/c1-11-6-7-16(21-11)12(2)18-9-8-14-13(10-18)4-3-5-15(14)17(19)20/h3-7,12H,8-10H2,1-2H3,(H,19,20). The molecule has 0 aliphatic carbocycles. The first-order chi connectivity index (χ1) is 10.1. The first kappa shape index (κ1) is 14.3. The van der Waals surface area contributed by atoms with Crippen LogP contribution in [0.1, 0.15) is 44.2 Å². The van der Waals surface area contributed by atoms with Crippen LogP contribution in [0.5, 0.6) is 0 Å². The maximum atomic E-state index is 11.3. The fourth-order valence-electron chi connectivity index (χ4n) is 3.02. The highest BCUT2D eigenvalue weighted by atomic mass is 32.1. The van der Waals surface area contributed by atoms with Crippen molar-refractivity contribution in [2.45, 2.75) is 32.9 Å². The molecule has 1 aromatic heterocycles. The summed E-state index contributed by atoms with van der Waals surface area (Å²) in [6.07, 6.45) is 0.812. The number of aromatic carboxylic acids is 1. The molecule has 1 aromatic carbocycles. The Kier molecular flexibility index (Phi) is 3.83. The highest BCUT2D eigenvalue weighted by Gasteiger charge is 2.25. The van der Waals surface area contributed by atoms with Gasteiger partial charge >= 0.3 is 5.97 Å². The number of rotatable bonds is 3. The van der Waals surface area contributed by atoms with E-state index in [1.165, 1.54) is 9.75 Å². The third-order valence-electron chi connectivity index (χ3n) is 4.25. The van der Waals surface area contributed by atoms with Crippen LogP contribution >= 0.6 is 11.3 Å². The molecule has 3 rings (SSSR count). The quantitative estimate of drug-likeness (QED) is 0.935. The average Bonchev–Trinajstić information content (AvgIpc) is 2.91. The largest absolute Gasteiger partial charge is 0.478 e. The van der Waals surface area contributed by atoms with Crippen LogP contribution in [0, 0.1) is 6.92 Å². The summed E-state index contributed by atoms with van der Waals surface area (Å²) in [6, 6.07) is 10.4. The molecule has 0 bridgehead atoms. The molecule has 0 spiro atoms. The maximum absolute atomic E-state index is 11.3. The molecule has 3 nitrogen and oxygen atoms in total. The predicted octanol–water partition coefficient (Wildman–Crippen LogP) is 3.87. The zero-order chi connectivity index (χ0) is 15.0. The molecule has 110 valence electrons. The maximum Gasteiger partial charge on any atom is 0.335 e. The van der Waals surface area contributed by atoms with Gasteiger partial charge in [0.1, 0.15) is 0 Å². The van der Waals surface area contributed by atoms with Crippen molar-refractivity contribution in [2.75, 3.05) is 6.54 Å². The zero-order valence-corrected chi connectivity index (χ0v) is 13.1. The lowest BCUT2D eigenvalue weighted by molar-refractivity contribution is 0.0694. The molecule has 1 aliphatic heterocycles. The number of aryl methyl sites for hydroxylation is 1. The topological polar surface area (TPSA) is 40.5 Å². The molecule has 1 aliphatic rings. The van der Waals surface area contributed by atoms with E-state index >= 15 is 0 Å². The first-order valence-electron chi connectivity index (χ1n) is 7.20. The summed E-state index contributed by atoms with van der Waals surface area (Å²) in [5.41, 5.74) is 2.63. The minimum atomic E-state index is -0.817. The molecule has 0 saturated carbocycles. The minimum absolute atomic E-state index is 0.380. The van der Waals surface area contributed by atoms with Crippen molar-refractivity contribution in [3.05, 3.63) is 56.8 Å². The fourth-order valence-corrected chi connectivity index (χ4v) is 3.98. The second-order valence-corrected chi connectivity index (χ2v) is 6.91. The Bertz CT molecular complexity index is 677. The van der Waals surface area contributed by atoms with Gasteiger partial charge in [-0.05, 0) is 49.6 Å². The summed E-state index contributed by atoms with van der Waals surface area (Å²) in [4.78, 5) is 16.4. The van der Waals surface area contributed by atoms with Crippen LogP contribution in [0.4, 0.5) is 0 Å². The lowest BCUT2D eigenvalue weighted by Gasteiger charge is -2.33. The van der Waals surface area contributed by atoms with E-state index in [4.69, 9.17) is 0 Å². The Morgan fingerprint density at radius 2 is 2.14 bits per heavy atom. The summed E-state index contributed by atoms with van der Waals surface area (Å²) < 4.78 is 0. The Morgan fingerprint density at radius 3 is 2.81 bits per heavy atom. The van der Waals surface area contributed by atoms with Crippen LogP contribution in [0.2, 0.25) is 0 Å². The number of hydrogen-bond acceptors (Lipinski definition) is 3. The SMILES string of the molecule is Cc1ccc(C(C)N2CCc3c(cccc3C(=O)O)C2)s1. The smallest absolute Gasteiger partial charge is 0.335 e. The van der Waals surface area contributed by atoms with Crippen molar-refractivity contribution in [3.8, 4) is 0 Å². The number of hydrogen-bond donors (Lipinski definition) is 1. The van der Waals surface area contributed by atoms with Gasteiger partial charge in [-0.3, -0.25) is 4.90 Å². The van der Waals surface area contributed by atoms with Gasteiger partial charge in [-0.2, -0.15) is 0 Å². The molecule has 0 fully saturated rings. The van der Waals surface area contributed by atoms with Crippen molar-refractivity contribution < 1.29 is 9.90 Å². The molecule has 2 heterocycles. The average molecular weight is 301 g/mol. The second-order valence-electron chi connectivity index (χ2n) is 5.59. The lowest BCUT2D eigenvalue weighted by Crippen LogP contribution is -2.33. The van der Waals surface area contributed by atoms with Crippen LogP contribution < -0.4 is 0 Å². The van der Waals surface area contributed by atoms with Gasteiger partial charge in [-0.15, -0.1) is 11.3 Å². The molecule has 1 unspecified atom stereocenters. The Morgan fingerprint density at radius 1 is 1.33 bits per heavy atom. The summed E-state index contributed by atoms with van der Waals surface area (Å²) in [6.45, 7) is 6.10. The monoisotopic (exact) mass is 301 g/mol. The van der Waals surface area contributed by atoms with E-state index in [0.717, 1.165) is 30.6 Å². The van der Waals surface area contributed by atoms with Crippen LogP contribution in [-0.2, 0) is 13.0 Å². The first-order valence-corrected chi connectivity index (χ1v) is 8.02.